The van der Waals surface area contributed by atoms with Crippen LogP contribution >= 0.6 is 0 Å². The highest BCUT2D eigenvalue weighted by Gasteiger charge is 1.93. The number of nitrogens with two attached hydrogens (primary N) is 1. The lowest BCUT2D eigenvalue weighted by atomic mass is 10.4. The highest BCUT2D eigenvalue weighted by atomic mass is 16.4. The van der Waals surface area contributed by atoms with Gasteiger partial charge in [-0.05, 0) is 12.2 Å². The van der Waals surface area contributed by atoms with Gasteiger partial charge in [0.2, 0.25) is 0 Å². The van der Waals surface area contributed by atoms with Crippen molar-refractivity contribution in [1.82, 2.24) is 4.98 Å². The fourth-order valence-corrected chi connectivity index (χ4v) is 0.819. The molecule has 0 fully saturated rings. The van der Waals surface area contributed by atoms with Crippen LogP contribution in [0.1, 0.15) is 0 Å². The van der Waals surface area contributed by atoms with Gasteiger partial charge in [-0.1, -0.05) is 25.3 Å². The van der Waals surface area contributed by atoms with E-state index in [1.54, 1.807) is 24.3 Å². The van der Waals surface area contributed by atoms with E-state index in [1.807, 2.05) is 0 Å². The van der Waals surface area contributed by atoms with Crippen molar-refractivity contribution in [1.29, 1.82) is 0 Å². The lowest BCUT2D eigenvalue weighted by molar-refractivity contribution is 0.546. The Hall–Kier alpha value is -1.77. The number of nitrogen functional groups attached to an aromatic ring is 1. The summed E-state index contributed by atoms with van der Waals surface area (Å²) >= 11 is 0. The van der Waals surface area contributed by atoms with E-state index in [0.29, 0.717) is 10.8 Å². The van der Waals surface area contributed by atoms with Crippen LogP contribution in [0, 0.1) is 0 Å². The molecule has 0 saturated heterocycles. The van der Waals surface area contributed by atoms with Crippen molar-refractivity contribution < 1.29 is 4.42 Å². The zero-order valence-corrected chi connectivity index (χ0v) is 6.66. The average Bonchev–Trinajstić information content (AvgIpc) is 2.33. The Labute approximate surface area is 70.2 Å². The summed E-state index contributed by atoms with van der Waals surface area (Å²) in [7, 11) is 0. The van der Waals surface area contributed by atoms with Crippen molar-refractivity contribution in [2.75, 3.05) is 5.73 Å². The van der Waals surface area contributed by atoms with E-state index in [-0.39, 0.29) is 6.01 Å². The minimum absolute atomic E-state index is 0.149. The minimum Gasteiger partial charge on any atom is -0.424 e. The highest BCUT2D eigenvalue weighted by Crippen LogP contribution is 1.83. The first kappa shape index (κ1) is 8.33. The molecule has 1 heterocycles. The highest BCUT2D eigenvalue weighted by molar-refractivity contribution is 5.38. The van der Waals surface area contributed by atoms with Crippen LogP contribution in [0.4, 0.5) is 6.01 Å². The van der Waals surface area contributed by atoms with Crippen LogP contribution in [0.15, 0.2) is 29.7 Å². The monoisotopic (exact) mass is 162 g/mol. The SMILES string of the molecule is C=C/C=c1/nc(N)o/c1=C/C=C. The summed E-state index contributed by atoms with van der Waals surface area (Å²) < 4.78 is 5.07. The minimum atomic E-state index is 0.149. The summed E-state index contributed by atoms with van der Waals surface area (Å²) in [6.45, 7) is 7.09. The van der Waals surface area contributed by atoms with Crippen LogP contribution in [0.2, 0.25) is 0 Å². The van der Waals surface area contributed by atoms with E-state index in [4.69, 9.17) is 10.2 Å². The number of rotatable bonds is 2. The number of allylic oxidation sites excluding steroid dienone is 2. The molecule has 0 unspecified atom stereocenters. The van der Waals surface area contributed by atoms with Crippen molar-refractivity contribution in [3.8, 4) is 0 Å². The third-order valence-electron chi connectivity index (χ3n) is 1.24. The van der Waals surface area contributed by atoms with Gasteiger partial charge in [0, 0.05) is 0 Å². The molecule has 12 heavy (non-hydrogen) atoms. The molecule has 0 aromatic carbocycles. The molecule has 2 N–H and O–H groups in total. The molecule has 0 aliphatic heterocycles. The van der Waals surface area contributed by atoms with Crippen LogP contribution in [0.25, 0.3) is 12.2 Å². The molecular weight excluding hydrogens is 152 g/mol. The number of hydrogen-bond acceptors (Lipinski definition) is 3. The Kier molecular flexibility index (Phi) is 2.48. The second-order valence-electron chi connectivity index (χ2n) is 2.11. The zero-order valence-electron chi connectivity index (χ0n) is 6.66. The lowest BCUT2D eigenvalue weighted by Gasteiger charge is -1.72. The van der Waals surface area contributed by atoms with Crippen molar-refractivity contribution >= 4 is 18.2 Å². The van der Waals surface area contributed by atoms with Gasteiger partial charge in [0.05, 0.1) is 0 Å². The number of nitrogens with zero attached hydrogens (tertiary/aromatic N) is 1. The molecule has 62 valence electrons. The zero-order chi connectivity index (χ0) is 8.97. The smallest absolute Gasteiger partial charge is 0.292 e. The Balaban J connectivity index is 3.46. The normalized spacial score (nSPS) is 13.3. The van der Waals surface area contributed by atoms with Gasteiger partial charge in [0.15, 0.2) is 5.42 Å². The van der Waals surface area contributed by atoms with Crippen LogP contribution in [0.3, 0.4) is 0 Å². The van der Waals surface area contributed by atoms with Gasteiger partial charge in [-0.3, -0.25) is 0 Å². The molecule has 1 aromatic rings. The topological polar surface area (TPSA) is 52.0 Å². The molecule has 0 radical (unpaired) electrons. The van der Waals surface area contributed by atoms with Gasteiger partial charge < -0.3 is 10.2 Å². The van der Waals surface area contributed by atoms with Gasteiger partial charge in [-0.2, -0.15) is 4.98 Å². The second kappa shape index (κ2) is 3.57. The average molecular weight is 162 g/mol. The molecule has 0 aliphatic rings. The molecular formula is C9H10N2O. The van der Waals surface area contributed by atoms with E-state index < -0.39 is 0 Å². The van der Waals surface area contributed by atoms with Gasteiger partial charge >= 0.3 is 0 Å². The number of aromatic nitrogens is 1. The maximum Gasteiger partial charge on any atom is 0.292 e. The van der Waals surface area contributed by atoms with Gasteiger partial charge in [0.1, 0.15) is 5.35 Å². The van der Waals surface area contributed by atoms with Crippen LogP contribution in [-0.2, 0) is 0 Å². The van der Waals surface area contributed by atoms with Crippen molar-refractivity contribution in [3.63, 3.8) is 0 Å². The number of anilines is 1. The van der Waals surface area contributed by atoms with Crippen molar-refractivity contribution in [3.05, 3.63) is 36.1 Å². The third-order valence-corrected chi connectivity index (χ3v) is 1.24. The molecule has 1 rings (SSSR count). The second-order valence-corrected chi connectivity index (χ2v) is 2.11. The number of oxazole rings is 1. The van der Waals surface area contributed by atoms with E-state index in [1.165, 1.54) is 0 Å². The summed E-state index contributed by atoms with van der Waals surface area (Å²) in [5, 5.41) is 0.669. The fraction of sp³-hybridized carbons (Fsp3) is 0. The van der Waals surface area contributed by atoms with Gasteiger partial charge in [0.25, 0.3) is 6.01 Å². The van der Waals surface area contributed by atoms with Crippen LogP contribution in [0.5, 0.6) is 0 Å². The first-order valence-corrected chi connectivity index (χ1v) is 3.45. The Morgan fingerprint density at radius 2 is 1.92 bits per heavy atom. The Morgan fingerprint density at radius 1 is 1.25 bits per heavy atom. The fourth-order valence-electron chi connectivity index (χ4n) is 0.819. The molecule has 1 aromatic heterocycles. The molecule has 0 atom stereocenters. The van der Waals surface area contributed by atoms with E-state index in [9.17, 15) is 0 Å². The largest absolute Gasteiger partial charge is 0.424 e. The van der Waals surface area contributed by atoms with E-state index >= 15 is 0 Å². The molecule has 0 aliphatic carbocycles. The Bertz CT molecular complexity index is 363. The first-order valence-electron chi connectivity index (χ1n) is 3.45. The van der Waals surface area contributed by atoms with Gasteiger partial charge in [-0.25, -0.2) is 0 Å². The molecule has 3 nitrogen and oxygen atoms in total. The molecule has 0 spiro atoms. The lowest BCUT2D eigenvalue weighted by Crippen LogP contribution is -2.21. The standard InChI is InChI=1S/C9H10N2O/c1-3-5-7-8(6-4-2)12-9(10)11-7/h3-6H,1-2H2,(H2,10,11)/b7-5+,8-6+. The van der Waals surface area contributed by atoms with Gasteiger partial charge in [-0.15, -0.1) is 0 Å². The number of hydrogen-bond donors (Lipinski definition) is 1. The van der Waals surface area contributed by atoms with Crippen LogP contribution in [-0.4, -0.2) is 4.98 Å². The van der Waals surface area contributed by atoms with Crippen molar-refractivity contribution in [2.45, 2.75) is 0 Å². The molecule has 3 heteroatoms. The maximum atomic E-state index is 5.35. The van der Waals surface area contributed by atoms with Crippen molar-refractivity contribution in [2.24, 2.45) is 0 Å². The Morgan fingerprint density at radius 3 is 2.50 bits per heavy atom. The summed E-state index contributed by atoms with van der Waals surface area (Å²) in [4.78, 5) is 3.92. The first-order chi connectivity index (χ1) is 5.77. The summed E-state index contributed by atoms with van der Waals surface area (Å²) in [5.74, 6) is 0. The summed E-state index contributed by atoms with van der Waals surface area (Å²) in [6.07, 6.45) is 6.64. The summed E-state index contributed by atoms with van der Waals surface area (Å²) in [5.41, 5.74) is 5.95. The van der Waals surface area contributed by atoms with E-state index in [0.717, 1.165) is 0 Å². The summed E-state index contributed by atoms with van der Waals surface area (Å²) in [6, 6.07) is 0.149. The molecule has 0 amide bonds. The maximum absolute atomic E-state index is 5.35. The third kappa shape index (κ3) is 1.63. The van der Waals surface area contributed by atoms with E-state index in [2.05, 4.69) is 18.1 Å². The predicted octanol–water partition coefficient (Wildman–Crippen LogP) is 0.190. The quantitative estimate of drug-likeness (QED) is 0.675. The molecule has 0 bridgehead atoms. The molecule has 0 saturated carbocycles. The predicted molar refractivity (Wildman–Crippen MR) is 49.5 cm³/mol. The van der Waals surface area contributed by atoms with Crippen LogP contribution < -0.4 is 16.5 Å².